The van der Waals surface area contributed by atoms with Crippen LogP contribution >= 0.6 is 0 Å². The summed E-state index contributed by atoms with van der Waals surface area (Å²) in [6.45, 7) is 2.33. The van der Waals surface area contributed by atoms with Crippen molar-refractivity contribution in [3.05, 3.63) is 29.8 Å². The zero-order valence-corrected chi connectivity index (χ0v) is 12.2. The molecular formula is C16H21NO4. The van der Waals surface area contributed by atoms with E-state index < -0.39 is 12.1 Å². The molecule has 0 aromatic heterocycles. The van der Waals surface area contributed by atoms with E-state index in [-0.39, 0.29) is 11.8 Å². The number of hydrogen-bond donors (Lipinski definition) is 2. The van der Waals surface area contributed by atoms with E-state index in [1.165, 1.54) is 4.90 Å². The number of hydrogen-bond acceptors (Lipinski definition) is 2. The number of rotatable bonds is 4. The highest BCUT2D eigenvalue weighted by molar-refractivity contribution is 5.87. The molecule has 1 aliphatic rings. The molecule has 0 spiro atoms. The molecular weight excluding hydrogens is 270 g/mol. The molecule has 0 aliphatic heterocycles. The van der Waals surface area contributed by atoms with Crippen molar-refractivity contribution in [3.8, 4) is 0 Å². The third kappa shape index (κ3) is 3.74. The highest BCUT2D eigenvalue weighted by atomic mass is 16.4. The summed E-state index contributed by atoms with van der Waals surface area (Å²) in [6, 6.07) is 7.43. The van der Waals surface area contributed by atoms with Crippen LogP contribution in [-0.4, -0.2) is 28.8 Å². The van der Waals surface area contributed by atoms with Gasteiger partial charge in [0.1, 0.15) is 0 Å². The summed E-state index contributed by atoms with van der Waals surface area (Å²) < 4.78 is 0. The Morgan fingerprint density at radius 2 is 1.76 bits per heavy atom. The Labute approximate surface area is 124 Å². The summed E-state index contributed by atoms with van der Waals surface area (Å²) in [5, 5.41) is 18.5. The second kappa shape index (κ2) is 6.61. The maximum absolute atomic E-state index is 11.5. The molecule has 0 unspecified atom stereocenters. The SMILES string of the molecule is Cc1ccccc1N(CC1CCC(C(=O)O)CC1)C(=O)O. The molecule has 0 bridgehead atoms. The number of carboxylic acids is 1. The fourth-order valence-electron chi connectivity index (χ4n) is 3.00. The van der Waals surface area contributed by atoms with Gasteiger partial charge in [-0.15, -0.1) is 0 Å². The van der Waals surface area contributed by atoms with Gasteiger partial charge in [0.05, 0.1) is 5.92 Å². The predicted molar refractivity (Wildman–Crippen MR) is 79.6 cm³/mol. The number of carbonyl (C=O) groups is 2. The van der Waals surface area contributed by atoms with E-state index in [0.29, 0.717) is 25.1 Å². The second-order valence-corrected chi connectivity index (χ2v) is 5.74. The van der Waals surface area contributed by atoms with Gasteiger partial charge in [-0.05, 0) is 50.2 Å². The predicted octanol–water partition coefficient (Wildman–Crippen LogP) is 3.37. The highest BCUT2D eigenvalue weighted by Gasteiger charge is 2.28. The largest absolute Gasteiger partial charge is 0.481 e. The van der Waals surface area contributed by atoms with E-state index in [9.17, 15) is 14.7 Å². The van der Waals surface area contributed by atoms with Crippen LogP contribution < -0.4 is 4.90 Å². The number of benzene rings is 1. The van der Waals surface area contributed by atoms with Crippen LogP contribution in [0, 0.1) is 18.8 Å². The first-order valence-electron chi connectivity index (χ1n) is 7.28. The maximum Gasteiger partial charge on any atom is 0.411 e. The molecule has 1 saturated carbocycles. The Morgan fingerprint density at radius 1 is 1.14 bits per heavy atom. The van der Waals surface area contributed by atoms with Crippen molar-refractivity contribution in [2.24, 2.45) is 11.8 Å². The minimum absolute atomic E-state index is 0.233. The zero-order valence-electron chi connectivity index (χ0n) is 12.2. The molecule has 1 aromatic carbocycles. The molecule has 1 aliphatic carbocycles. The molecule has 1 aromatic rings. The van der Waals surface area contributed by atoms with Crippen molar-refractivity contribution >= 4 is 17.7 Å². The summed E-state index contributed by atoms with van der Waals surface area (Å²) in [5.41, 5.74) is 1.64. The standard InChI is InChI=1S/C16H21NO4/c1-11-4-2-3-5-14(11)17(16(20)21)10-12-6-8-13(9-7-12)15(18)19/h2-5,12-13H,6-10H2,1H3,(H,18,19)(H,20,21). The third-order valence-electron chi connectivity index (χ3n) is 4.27. The van der Waals surface area contributed by atoms with Gasteiger partial charge in [0.2, 0.25) is 0 Å². The fraction of sp³-hybridized carbons (Fsp3) is 0.500. The lowest BCUT2D eigenvalue weighted by atomic mass is 9.82. The zero-order chi connectivity index (χ0) is 15.4. The van der Waals surface area contributed by atoms with Crippen molar-refractivity contribution in [1.29, 1.82) is 0 Å². The lowest BCUT2D eigenvalue weighted by molar-refractivity contribution is -0.143. The van der Waals surface area contributed by atoms with Gasteiger partial charge in [0.15, 0.2) is 0 Å². The number of para-hydroxylation sites is 1. The molecule has 2 N–H and O–H groups in total. The van der Waals surface area contributed by atoms with Gasteiger partial charge in [-0.3, -0.25) is 9.69 Å². The van der Waals surface area contributed by atoms with Crippen molar-refractivity contribution in [2.75, 3.05) is 11.4 Å². The van der Waals surface area contributed by atoms with Gasteiger partial charge in [-0.1, -0.05) is 18.2 Å². The van der Waals surface area contributed by atoms with Crippen molar-refractivity contribution in [2.45, 2.75) is 32.6 Å². The average Bonchev–Trinajstić information content (AvgIpc) is 2.46. The lowest BCUT2D eigenvalue weighted by Gasteiger charge is -2.30. The highest BCUT2D eigenvalue weighted by Crippen LogP contribution is 2.31. The molecule has 0 heterocycles. The normalized spacial score (nSPS) is 21.8. The lowest BCUT2D eigenvalue weighted by Crippen LogP contribution is -2.36. The first-order valence-corrected chi connectivity index (χ1v) is 7.28. The van der Waals surface area contributed by atoms with Gasteiger partial charge >= 0.3 is 12.1 Å². The minimum atomic E-state index is -0.954. The van der Waals surface area contributed by atoms with E-state index in [2.05, 4.69) is 0 Å². The van der Waals surface area contributed by atoms with Crippen LogP contribution in [0.5, 0.6) is 0 Å². The minimum Gasteiger partial charge on any atom is -0.481 e. The number of aryl methyl sites for hydroxylation is 1. The Hall–Kier alpha value is -2.04. The molecule has 114 valence electrons. The number of amides is 1. The van der Waals surface area contributed by atoms with E-state index in [0.717, 1.165) is 18.4 Å². The van der Waals surface area contributed by atoms with E-state index >= 15 is 0 Å². The molecule has 5 nitrogen and oxygen atoms in total. The number of nitrogens with zero attached hydrogens (tertiary/aromatic N) is 1. The smallest absolute Gasteiger partial charge is 0.411 e. The van der Waals surface area contributed by atoms with Crippen LogP contribution in [0.3, 0.4) is 0 Å². The molecule has 1 fully saturated rings. The van der Waals surface area contributed by atoms with Crippen LogP contribution in [-0.2, 0) is 4.79 Å². The van der Waals surface area contributed by atoms with Crippen molar-refractivity contribution in [3.63, 3.8) is 0 Å². The molecule has 0 saturated heterocycles. The van der Waals surface area contributed by atoms with Crippen LogP contribution in [0.25, 0.3) is 0 Å². The second-order valence-electron chi connectivity index (χ2n) is 5.74. The van der Waals surface area contributed by atoms with E-state index in [1.807, 2.05) is 31.2 Å². The first kappa shape index (κ1) is 15.4. The van der Waals surface area contributed by atoms with Gasteiger partial charge in [-0.25, -0.2) is 4.79 Å². The van der Waals surface area contributed by atoms with Crippen molar-refractivity contribution < 1.29 is 19.8 Å². The van der Waals surface area contributed by atoms with Gasteiger partial charge in [0.25, 0.3) is 0 Å². The summed E-state index contributed by atoms with van der Waals surface area (Å²) in [4.78, 5) is 23.9. The molecule has 1 amide bonds. The number of aliphatic carboxylic acids is 1. The first-order chi connectivity index (χ1) is 9.99. The van der Waals surface area contributed by atoms with Crippen LogP contribution in [0.4, 0.5) is 10.5 Å². The molecule has 5 heteroatoms. The fourth-order valence-corrected chi connectivity index (χ4v) is 3.00. The quantitative estimate of drug-likeness (QED) is 0.891. The molecule has 21 heavy (non-hydrogen) atoms. The molecule has 0 radical (unpaired) electrons. The summed E-state index contributed by atoms with van der Waals surface area (Å²) in [7, 11) is 0. The van der Waals surface area contributed by atoms with Gasteiger partial charge in [0, 0.05) is 12.2 Å². The van der Waals surface area contributed by atoms with Crippen LogP contribution in [0.15, 0.2) is 24.3 Å². The Bertz CT molecular complexity index is 521. The summed E-state index contributed by atoms with van der Waals surface area (Å²) >= 11 is 0. The third-order valence-corrected chi connectivity index (χ3v) is 4.27. The topological polar surface area (TPSA) is 77.8 Å². The number of anilines is 1. The van der Waals surface area contributed by atoms with Crippen molar-refractivity contribution in [1.82, 2.24) is 0 Å². The van der Waals surface area contributed by atoms with Gasteiger partial charge in [-0.2, -0.15) is 0 Å². The molecule has 2 rings (SSSR count). The summed E-state index contributed by atoms with van der Waals surface area (Å²) in [6.07, 6.45) is 1.87. The Morgan fingerprint density at radius 3 is 2.29 bits per heavy atom. The maximum atomic E-state index is 11.5. The Kier molecular flexibility index (Phi) is 4.83. The Balaban J connectivity index is 2.04. The average molecular weight is 291 g/mol. The van der Waals surface area contributed by atoms with Crippen LogP contribution in [0.1, 0.15) is 31.2 Å². The van der Waals surface area contributed by atoms with Crippen LogP contribution in [0.2, 0.25) is 0 Å². The van der Waals surface area contributed by atoms with E-state index in [1.54, 1.807) is 0 Å². The van der Waals surface area contributed by atoms with E-state index in [4.69, 9.17) is 5.11 Å². The van der Waals surface area contributed by atoms with Gasteiger partial charge < -0.3 is 10.2 Å². The molecule has 0 atom stereocenters. The monoisotopic (exact) mass is 291 g/mol. The number of carboxylic acid groups (broad SMARTS) is 2. The summed E-state index contributed by atoms with van der Waals surface area (Å²) in [5.74, 6) is -0.767.